The van der Waals surface area contributed by atoms with Gasteiger partial charge in [0.05, 0.1) is 31.7 Å². The van der Waals surface area contributed by atoms with Gasteiger partial charge in [-0.3, -0.25) is 33.6 Å². The van der Waals surface area contributed by atoms with Gasteiger partial charge in [0.15, 0.2) is 6.10 Å². The molecule has 11 atom stereocenters. The number of methoxy groups -OCH3 is 1. The number of aliphatic hydroxyl groups excluding tert-OH is 1. The van der Waals surface area contributed by atoms with Crippen molar-refractivity contribution in [3.8, 4) is 5.75 Å². The van der Waals surface area contributed by atoms with E-state index in [1.165, 1.54) is 42.8 Å². The lowest BCUT2D eigenvalue weighted by atomic mass is 9.92. The quantitative estimate of drug-likeness (QED) is 0.159. The highest BCUT2D eigenvalue weighted by molar-refractivity contribution is 5.96. The second-order valence-corrected chi connectivity index (χ2v) is 20.7. The number of likely N-dealkylation sites (N-methyl/N-ethyl adjacent to an activating group) is 2. The summed E-state index contributed by atoms with van der Waals surface area (Å²) in [4.78, 5) is 118. The van der Waals surface area contributed by atoms with Gasteiger partial charge in [-0.15, -0.1) is 0 Å². The van der Waals surface area contributed by atoms with E-state index in [9.17, 15) is 43.5 Å². The first kappa shape index (κ1) is 59.0. The van der Waals surface area contributed by atoms with Gasteiger partial charge in [0.2, 0.25) is 29.5 Å². The monoisotopic (exact) mass is 986 g/mol. The summed E-state index contributed by atoms with van der Waals surface area (Å²) in [5.74, 6) is -6.80. The fourth-order valence-corrected chi connectivity index (χ4v) is 8.83. The third-order valence-corrected chi connectivity index (χ3v) is 13.5. The molecule has 2 fully saturated rings. The summed E-state index contributed by atoms with van der Waals surface area (Å²) >= 11 is 0. The predicted octanol–water partition coefficient (Wildman–Crippen LogP) is 2.72. The third-order valence-electron chi connectivity index (χ3n) is 13.5. The van der Waals surface area contributed by atoms with E-state index in [1.54, 1.807) is 58.9 Å². The van der Waals surface area contributed by atoms with Crippen LogP contribution in [-0.4, -0.2) is 156 Å². The number of hydrogen-bond donors (Lipinski definition) is 5. The van der Waals surface area contributed by atoms with Crippen LogP contribution in [0, 0.1) is 29.6 Å². The smallest absolute Gasteiger partial charge is 0.329 e. The van der Waals surface area contributed by atoms with Gasteiger partial charge in [0, 0.05) is 27.1 Å². The van der Waals surface area contributed by atoms with Gasteiger partial charge in [0.1, 0.15) is 42.1 Å². The lowest BCUT2D eigenvalue weighted by Gasteiger charge is -2.36. The standard InChI is InChI=1S/C51H83N7O12/c1-15-31(10)42-39(59)26-40(60)70-44(30(8)9)47(63)53-35(23-27(2)3)48(64)58-22-16-17-36(58)49(65)57(13)38(25-33-18-20-34(68-14)21-19-33)51(67)69-32(11)43(46(62)54-42)55-45(61)37(24-28(4)5)56(12)50(66)41(52)29(6)7/h18-21,27-32,35-39,41-44,59H,15-17,22-26,52H2,1-14H3,(H,53,63)(H,54,62)(H,55,61)/t31-,32+,35-,36-,37+,38-,39-,41-,42+,43-,44-/m0/s1. The topological polar surface area (TPSA) is 256 Å². The van der Waals surface area contributed by atoms with E-state index >= 15 is 0 Å². The number of esters is 2. The Hall–Kier alpha value is -5.30. The molecule has 0 bridgehead atoms. The van der Waals surface area contributed by atoms with Crippen LogP contribution in [0.15, 0.2) is 24.3 Å². The normalized spacial score (nSPS) is 26.2. The van der Waals surface area contributed by atoms with Crippen molar-refractivity contribution in [2.24, 2.45) is 35.3 Å². The fraction of sp³-hybridized carbons (Fsp3) is 0.725. The van der Waals surface area contributed by atoms with Gasteiger partial charge in [-0.25, -0.2) is 4.79 Å². The number of rotatable bonds is 15. The molecular weight excluding hydrogens is 903 g/mol. The zero-order chi connectivity index (χ0) is 52.9. The van der Waals surface area contributed by atoms with Gasteiger partial charge < -0.3 is 55.7 Å². The van der Waals surface area contributed by atoms with Crippen molar-refractivity contribution in [2.45, 2.75) is 182 Å². The molecule has 394 valence electrons. The van der Waals surface area contributed by atoms with Crippen LogP contribution in [0.5, 0.6) is 5.75 Å². The molecule has 2 saturated heterocycles. The molecule has 0 aromatic heterocycles. The first-order valence-electron chi connectivity index (χ1n) is 25.0. The lowest BCUT2D eigenvalue weighted by molar-refractivity contribution is -0.162. The predicted molar refractivity (Wildman–Crippen MR) is 262 cm³/mol. The summed E-state index contributed by atoms with van der Waals surface area (Å²) in [6.45, 7) is 19.5. The minimum absolute atomic E-state index is 0.0694. The summed E-state index contributed by atoms with van der Waals surface area (Å²) in [6.07, 6.45) is -3.64. The second-order valence-electron chi connectivity index (χ2n) is 20.7. The van der Waals surface area contributed by atoms with Gasteiger partial charge >= 0.3 is 11.9 Å². The molecule has 3 rings (SSSR count). The fourth-order valence-electron chi connectivity index (χ4n) is 8.83. The molecule has 0 saturated carbocycles. The summed E-state index contributed by atoms with van der Waals surface area (Å²) in [5.41, 5.74) is 6.87. The maximum absolute atomic E-state index is 14.8. The average molecular weight is 986 g/mol. The number of hydrogen-bond acceptors (Lipinski definition) is 13. The van der Waals surface area contributed by atoms with Gasteiger partial charge in [0.25, 0.3) is 5.91 Å². The Morgan fingerprint density at radius 2 is 1.56 bits per heavy atom. The molecule has 2 heterocycles. The van der Waals surface area contributed by atoms with E-state index < -0.39 is 126 Å². The molecule has 2 aliphatic rings. The molecular formula is C51H83N7O12. The van der Waals surface area contributed by atoms with Gasteiger partial charge in [-0.2, -0.15) is 0 Å². The SMILES string of the molecule is CC[C@H](C)[C@H]1NC(=O)[C@@H](NC(=O)[C@@H](CC(C)C)N(C)C(=O)[C@@H](N)C(C)C)[C@@H](C)OC(=O)[C@H](Cc2ccc(OC)cc2)N(C)C(=O)[C@@H]2CCCN2C(=O)[C@H](CC(C)C)NC(=O)[C@H](C(C)C)OC(=O)C[C@@H]1O. The third kappa shape index (κ3) is 15.9. The van der Waals surface area contributed by atoms with E-state index in [-0.39, 0.29) is 50.0 Å². The number of amides is 6. The van der Waals surface area contributed by atoms with Gasteiger partial charge in [-0.05, 0) is 79.9 Å². The summed E-state index contributed by atoms with van der Waals surface area (Å²) in [6, 6.07) is -1.47. The number of fused-ring (bicyclic) bond motifs is 1. The number of nitrogens with one attached hydrogen (secondary N) is 3. The number of ether oxygens (including phenoxy) is 3. The Morgan fingerprint density at radius 1 is 0.929 bits per heavy atom. The summed E-state index contributed by atoms with van der Waals surface area (Å²) < 4.78 is 17.2. The Kier molecular flexibility index (Phi) is 22.6. The second kappa shape index (κ2) is 26.8. The molecule has 6 N–H and O–H groups in total. The number of benzene rings is 1. The van der Waals surface area contributed by atoms with Crippen molar-refractivity contribution in [3.63, 3.8) is 0 Å². The molecule has 0 radical (unpaired) electrons. The van der Waals surface area contributed by atoms with E-state index in [4.69, 9.17) is 19.9 Å². The van der Waals surface area contributed by atoms with E-state index in [2.05, 4.69) is 16.0 Å². The van der Waals surface area contributed by atoms with Crippen LogP contribution in [0.1, 0.15) is 120 Å². The number of nitrogens with two attached hydrogens (primary N) is 1. The van der Waals surface area contributed by atoms with Crippen LogP contribution < -0.4 is 26.4 Å². The Labute approximate surface area is 415 Å². The average Bonchev–Trinajstić information content (AvgIpc) is 3.80. The van der Waals surface area contributed by atoms with Crippen molar-refractivity contribution >= 4 is 47.4 Å². The van der Waals surface area contributed by atoms with E-state index in [0.717, 1.165) is 0 Å². The van der Waals surface area contributed by atoms with Crippen LogP contribution in [0.25, 0.3) is 0 Å². The van der Waals surface area contributed by atoms with Crippen LogP contribution in [0.4, 0.5) is 0 Å². The molecule has 0 spiro atoms. The Bertz CT molecular complexity index is 1960. The molecule has 70 heavy (non-hydrogen) atoms. The number of aliphatic hydroxyl groups is 1. The number of cyclic esters (lactones) is 2. The Morgan fingerprint density at radius 3 is 2.10 bits per heavy atom. The zero-order valence-corrected chi connectivity index (χ0v) is 44.0. The molecule has 0 aliphatic carbocycles. The van der Waals surface area contributed by atoms with Crippen LogP contribution >= 0.6 is 0 Å². The number of carbonyl (C=O) groups is 8. The van der Waals surface area contributed by atoms with Crippen molar-refractivity contribution < 1.29 is 57.7 Å². The maximum Gasteiger partial charge on any atom is 0.329 e. The molecule has 19 heteroatoms. The maximum atomic E-state index is 14.8. The highest BCUT2D eigenvalue weighted by Crippen LogP contribution is 2.26. The molecule has 1 aromatic carbocycles. The van der Waals surface area contributed by atoms with Crippen molar-refractivity contribution in [1.82, 2.24) is 30.7 Å². The molecule has 6 amide bonds. The summed E-state index contributed by atoms with van der Waals surface area (Å²) in [5, 5.41) is 20.1. The van der Waals surface area contributed by atoms with Crippen LogP contribution in [0.2, 0.25) is 0 Å². The summed E-state index contributed by atoms with van der Waals surface area (Å²) in [7, 11) is 4.40. The number of nitrogens with zero attached hydrogens (tertiary/aromatic N) is 3. The van der Waals surface area contributed by atoms with E-state index in [1.807, 2.05) is 34.6 Å². The molecule has 19 nitrogen and oxygen atoms in total. The minimum atomic E-state index is -1.66. The molecule has 0 unspecified atom stereocenters. The van der Waals surface area contributed by atoms with Crippen LogP contribution in [-0.2, 0) is 54.3 Å². The van der Waals surface area contributed by atoms with Gasteiger partial charge in [-0.1, -0.05) is 87.8 Å². The highest BCUT2D eigenvalue weighted by atomic mass is 16.6. The first-order valence-corrected chi connectivity index (χ1v) is 25.0. The largest absolute Gasteiger partial charge is 0.497 e. The first-order chi connectivity index (χ1) is 32.7. The molecule has 1 aromatic rings. The van der Waals surface area contributed by atoms with Crippen molar-refractivity contribution in [1.29, 1.82) is 0 Å². The lowest BCUT2D eigenvalue weighted by Crippen LogP contribution is -2.62. The zero-order valence-electron chi connectivity index (χ0n) is 44.0. The van der Waals surface area contributed by atoms with E-state index in [0.29, 0.717) is 24.2 Å². The molecule has 2 aliphatic heterocycles. The number of carbonyl (C=O) groups excluding carboxylic acids is 8. The Balaban J connectivity index is 2.27. The minimum Gasteiger partial charge on any atom is -0.497 e. The van der Waals surface area contributed by atoms with Crippen molar-refractivity contribution in [3.05, 3.63) is 29.8 Å². The highest BCUT2D eigenvalue weighted by Gasteiger charge is 2.44. The van der Waals surface area contributed by atoms with Crippen molar-refractivity contribution in [2.75, 3.05) is 27.7 Å². The van der Waals surface area contributed by atoms with Crippen LogP contribution in [0.3, 0.4) is 0 Å².